The lowest BCUT2D eigenvalue weighted by atomic mass is 9.93. The molecule has 1 aromatic carbocycles. The maximum absolute atomic E-state index is 11.9. The van der Waals surface area contributed by atoms with Crippen LogP contribution in [0.1, 0.15) is 38.2 Å². The summed E-state index contributed by atoms with van der Waals surface area (Å²) in [5.41, 5.74) is 1.05. The molecule has 2 heteroatoms. The molecule has 0 unspecified atom stereocenters. The van der Waals surface area contributed by atoms with E-state index in [0.29, 0.717) is 18.6 Å². The van der Waals surface area contributed by atoms with E-state index in [-0.39, 0.29) is 5.60 Å². The molecule has 0 saturated carbocycles. The summed E-state index contributed by atoms with van der Waals surface area (Å²) in [5.74, 6) is 0.318. The van der Waals surface area contributed by atoms with Crippen LogP contribution in [0.25, 0.3) is 0 Å². The van der Waals surface area contributed by atoms with Crippen LogP contribution in [0.3, 0.4) is 0 Å². The SMILES string of the molecule is C[C@]1(CC(=O)CCc2ccccc2)CCCO1. The predicted octanol–water partition coefficient (Wildman–Crippen LogP) is 3.15. The smallest absolute Gasteiger partial charge is 0.136 e. The fourth-order valence-electron chi connectivity index (χ4n) is 2.41. The van der Waals surface area contributed by atoms with E-state index in [1.807, 2.05) is 18.2 Å². The number of hydrogen-bond donors (Lipinski definition) is 0. The number of Topliss-reactive ketones (excluding diaryl/α,β-unsaturated/α-hetero) is 1. The van der Waals surface area contributed by atoms with Crippen molar-refractivity contribution < 1.29 is 9.53 Å². The van der Waals surface area contributed by atoms with Crippen LogP contribution in [-0.2, 0) is 16.0 Å². The second kappa shape index (κ2) is 5.46. The first-order valence-corrected chi connectivity index (χ1v) is 6.38. The lowest BCUT2D eigenvalue weighted by Gasteiger charge is -2.21. The molecule has 0 aromatic heterocycles. The molecule has 17 heavy (non-hydrogen) atoms. The van der Waals surface area contributed by atoms with E-state index in [4.69, 9.17) is 4.74 Å². The summed E-state index contributed by atoms with van der Waals surface area (Å²) in [6, 6.07) is 10.2. The maximum atomic E-state index is 11.9. The summed E-state index contributed by atoms with van der Waals surface area (Å²) in [4.78, 5) is 11.9. The number of hydrogen-bond acceptors (Lipinski definition) is 2. The Morgan fingerprint density at radius 3 is 2.76 bits per heavy atom. The minimum Gasteiger partial charge on any atom is -0.375 e. The number of carbonyl (C=O) groups excluding carboxylic acids is 1. The molecule has 1 aromatic rings. The third-order valence-electron chi connectivity index (χ3n) is 3.41. The lowest BCUT2D eigenvalue weighted by Crippen LogP contribution is -2.26. The zero-order chi connectivity index (χ0) is 12.1. The van der Waals surface area contributed by atoms with Gasteiger partial charge in [-0.2, -0.15) is 0 Å². The Kier molecular flexibility index (Phi) is 3.95. The van der Waals surface area contributed by atoms with E-state index in [0.717, 1.165) is 25.9 Å². The molecule has 1 saturated heterocycles. The van der Waals surface area contributed by atoms with Gasteiger partial charge in [-0.15, -0.1) is 0 Å². The highest BCUT2D eigenvalue weighted by Crippen LogP contribution is 2.29. The molecule has 0 spiro atoms. The van der Waals surface area contributed by atoms with Crippen LogP contribution in [0.15, 0.2) is 30.3 Å². The number of benzene rings is 1. The largest absolute Gasteiger partial charge is 0.375 e. The summed E-state index contributed by atoms with van der Waals surface area (Å²) in [6.45, 7) is 2.86. The normalized spacial score (nSPS) is 23.8. The van der Waals surface area contributed by atoms with Crippen molar-refractivity contribution in [3.63, 3.8) is 0 Å². The molecule has 0 bridgehead atoms. The number of aryl methyl sites for hydroxylation is 1. The zero-order valence-corrected chi connectivity index (χ0v) is 10.4. The molecule has 0 amide bonds. The highest BCUT2D eigenvalue weighted by atomic mass is 16.5. The van der Waals surface area contributed by atoms with Crippen molar-refractivity contribution in [2.24, 2.45) is 0 Å². The van der Waals surface area contributed by atoms with Crippen LogP contribution in [-0.4, -0.2) is 18.0 Å². The summed E-state index contributed by atoms with van der Waals surface area (Å²) >= 11 is 0. The molecule has 2 rings (SSSR count). The Morgan fingerprint density at radius 2 is 2.12 bits per heavy atom. The van der Waals surface area contributed by atoms with Gasteiger partial charge in [-0.1, -0.05) is 30.3 Å². The fourth-order valence-corrected chi connectivity index (χ4v) is 2.41. The molecule has 1 heterocycles. The number of rotatable bonds is 5. The highest BCUT2D eigenvalue weighted by Gasteiger charge is 2.31. The van der Waals surface area contributed by atoms with Gasteiger partial charge in [0.25, 0.3) is 0 Å². The summed E-state index contributed by atoms with van der Waals surface area (Å²) < 4.78 is 5.64. The van der Waals surface area contributed by atoms with Crippen LogP contribution in [0, 0.1) is 0 Å². The Labute approximate surface area is 103 Å². The molecule has 1 aliphatic heterocycles. The molecule has 92 valence electrons. The van der Waals surface area contributed by atoms with Crippen LogP contribution in [0.5, 0.6) is 0 Å². The molecular weight excluding hydrogens is 212 g/mol. The van der Waals surface area contributed by atoms with Crippen LogP contribution in [0.2, 0.25) is 0 Å². The van der Waals surface area contributed by atoms with Crippen molar-refractivity contribution in [1.82, 2.24) is 0 Å². The van der Waals surface area contributed by atoms with Gasteiger partial charge < -0.3 is 4.74 Å². The molecule has 2 nitrogen and oxygen atoms in total. The van der Waals surface area contributed by atoms with Gasteiger partial charge in [-0.05, 0) is 31.7 Å². The summed E-state index contributed by atoms with van der Waals surface area (Å²) in [5, 5.41) is 0. The average Bonchev–Trinajstić information content (AvgIpc) is 2.74. The van der Waals surface area contributed by atoms with Crippen molar-refractivity contribution in [2.45, 2.75) is 44.6 Å². The highest BCUT2D eigenvalue weighted by molar-refractivity contribution is 5.79. The van der Waals surface area contributed by atoms with Gasteiger partial charge in [0.2, 0.25) is 0 Å². The Hall–Kier alpha value is -1.15. The first kappa shape index (κ1) is 12.3. The Bertz CT molecular complexity index is 364. The first-order chi connectivity index (χ1) is 8.18. The van der Waals surface area contributed by atoms with Gasteiger partial charge in [0.15, 0.2) is 0 Å². The van der Waals surface area contributed by atoms with E-state index < -0.39 is 0 Å². The zero-order valence-electron chi connectivity index (χ0n) is 10.4. The Balaban J connectivity index is 1.78. The second-order valence-corrected chi connectivity index (χ2v) is 5.10. The maximum Gasteiger partial charge on any atom is 0.136 e. The van der Waals surface area contributed by atoms with E-state index >= 15 is 0 Å². The molecular formula is C15H20O2. The fraction of sp³-hybridized carbons (Fsp3) is 0.533. The van der Waals surface area contributed by atoms with E-state index in [2.05, 4.69) is 19.1 Å². The molecule has 0 N–H and O–H groups in total. The van der Waals surface area contributed by atoms with E-state index in [1.54, 1.807) is 0 Å². The quantitative estimate of drug-likeness (QED) is 0.779. The number of ketones is 1. The minimum atomic E-state index is -0.187. The van der Waals surface area contributed by atoms with Crippen molar-refractivity contribution in [3.8, 4) is 0 Å². The first-order valence-electron chi connectivity index (χ1n) is 6.38. The molecule has 1 atom stereocenters. The van der Waals surface area contributed by atoms with Crippen molar-refractivity contribution in [2.75, 3.05) is 6.61 Å². The third kappa shape index (κ3) is 3.67. The van der Waals surface area contributed by atoms with Crippen LogP contribution < -0.4 is 0 Å². The second-order valence-electron chi connectivity index (χ2n) is 5.10. The van der Waals surface area contributed by atoms with E-state index in [9.17, 15) is 4.79 Å². The van der Waals surface area contributed by atoms with Gasteiger partial charge in [0.05, 0.1) is 5.60 Å². The third-order valence-corrected chi connectivity index (χ3v) is 3.41. The number of carbonyl (C=O) groups is 1. The van der Waals surface area contributed by atoms with Crippen molar-refractivity contribution in [1.29, 1.82) is 0 Å². The molecule has 0 aliphatic carbocycles. The minimum absolute atomic E-state index is 0.187. The van der Waals surface area contributed by atoms with Crippen molar-refractivity contribution in [3.05, 3.63) is 35.9 Å². The van der Waals surface area contributed by atoms with Gasteiger partial charge in [-0.3, -0.25) is 4.79 Å². The monoisotopic (exact) mass is 232 g/mol. The van der Waals surface area contributed by atoms with Crippen LogP contribution in [0.4, 0.5) is 0 Å². The van der Waals surface area contributed by atoms with Crippen molar-refractivity contribution >= 4 is 5.78 Å². The summed E-state index contributed by atoms with van der Waals surface area (Å²) in [7, 11) is 0. The van der Waals surface area contributed by atoms with Gasteiger partial charge in [0, 0.05) is 19.4 Å². The Morgan fingerprint density at radius 1 is 1.35 bits per heavy atom. The van der Waals surface area contributed by atoms with Gasteiger partial charge in [0.1, 0.15) is 5.78 Å². The average molecular weight is 232 g/mol. The van der Waals surface area contributed by atoms with E-state index in [1.165, 1.54) is 5.56 Å². The lowest BCUT2D eigenvalue weighted by molar-refractivity contribution is -0.124. The molecule has 0 radical (unpaired) electrons. The molecule has 1 aliphatic rings. The van der Waals surface area contributed by atoms with Gasteiger partial charge >= 0.3 is 0 Å². The number of ether oxygens (including phenoxy) is 1. The predicted molar refractivity (Wildman–Crippen MR) is 68.0 cm³/mol. The summed E-state index contributed by atoms with van der Waals surface area (Å²) in [6.07, 6.45) is 4.14. The standard InChI is InChI=1S/C15H20O2/c1-15(10-5-11-17-15)12-14(16)9-8-13-6-3-2-4-7-13/h2-4,6-7H,5,8-12H2,1H3/t15-/m1/s1. The topological polar surface area (TPSA) is 26.3 Å². The van der Waals surface area contributed by atoms with Crippen LogP contribution >= 0.6 is 0 Å². The van der Waals surface area contributed by atoms with Gasteiger partial charge in [-0.25, -0.2) is 0 Å². The molecule has 1 fully saturated rings.